The number of Topliss-reactive ketones (excluding diaryl/α,β-unsaturated/α-hetero) is 1. The number of carbonyl (C=O) groups excluding carboxylic acids is 1. The number of carbonyl (C=O) groups is 1. The third-order valence-electron chi connectivity index (χ3n) is 5.09. The summed E-state index contributed by atoms with van der Waals surface area (Å²) in [7, 11) is 0. The first kappa shape index (κ1) is 18.0. The van der Waals surface area contributed by atoms with Crippen molar-refractivity contribution in [3.8, 4) is 5.69 Å². The molecule has 0 aliphatic heterocycles. The lowest BCUT2D eigenvalue weighted by molar-refractivity contribution is 0.0993. The van der Waals surface area contributed by atoms with Gasteiger partial charge in [0.2, 0.25) is 0 Å². The maximum Gasteiger partial charge on any atom is 0.196 e. The maximum absolute atomic E-state index is 13.0. The normalized spacial score (nSPS) is 14.2. The van der Waals surface area contributed by atoms with E-state index < -0.39 is 0 Å². The summed E-state index contributed by atoms with van der Waals surface area (Å²) in [6, 6.07) is 14.4. The molecule has 1 heterocycles. The van der Waals surface area contributed by atoms with Crippen molar-refractivity contribution in [3.63, 3.8) is 0 Å². The number of aryl methyl sites for hydroxylation is 4. The molecule has 27 heavy (non-hydrogen) atoms. The minimum Gasteiger partial charge on any atom is -0.293 e. The molecule has 2 aromatic carbocycles. The average molecular weight is 378 g/mol. The predicted octanol–water partition coefficient (Wildman–Crippen LogP) is 4.74. The molecule has 0 bridgehead atoms. The summed E-state index contributed by atoms with van der Waals surface area (Å²) < 4.78 is 2.02. The summed E-state index contributed by atoms with van der Waals surface area (Å²) in [6.45, 7) is 5.95. The fourth-order valence-corrected chi connectivity index (χ4v) is 4.65. The van der Waals surface area contributed by atoms with Crippen molar-refractivity contribution in [1.29, 1.82) is 0 Å². The smallest absolute Gasteiger partial charge is 0.196 e. The van der Waals surface area contributed by atoms with E-state index in [1.165, 1.54) is 34.9 Å². The van der Waals surface area contributed by atoms with Crippen molar-refractivity contribution in [2.45, 2.75) is 50.4 Å². The number of rotatable bonds is 5. The van der Waals surface area contributed by atoms with Crippen molar-refractivity contribution in [3.05, 3.63) is 70.5 Å². The highest BCUT2D eigenvalue weighted by atomic mass is 32.2. The molecule has 1 unspecified atom stereocenters. The van der Waals surface area contributed by atoms with E-state index >= 15 is 0 Å². The van der Waals surface area contributed by atoms with Gasteiger partial charge in [0.25, 0.3) is 0 Å². The van der Waals surface area contributed by atoms with Crippen molar-refractivity contribution in [1.82, 2.24) is 14.8 Å². The first-order chi connectivity index (χ1) is 13.0. The largest absolute Gasteiger partial charge is 0.293 e. The summed E-state index contributed by atoms with van der Waals surface area (Å²) in [4.78, 5) is 13.0. The highest BCUT2D eigenvalue weighted by Crippen LogP contribution is 2.29. The molecule has 138 valence electrons. The highest BCUT2D eigenvalue weighted by molar-refractivity contribution is 8.00. The van der Waals surface area contributed by atoms with Gasteiger partial charge in [-0.1, -0.05) is 36.0 Å². The molecule has 0 saturated heterocycles. The fraction of sp³-hybridized carbons (Fsp3) is 0.318. The first-order valence-corrected chi connectivity index (χ1v) is 10.2. The van der Waals surface area contributed by atoms with Crippen LogP contribution in [-0.4, -0.2) is 25.8 Å². The van der Waals surface area contributed by atoms with Crippen LogP contribution in [0, 0.1) is 13.8 Å². The third-order valence-corrected chi connectivity index (χ3v) is 6.13. The monoisotopic (exact) mass is 377 g/mol. The van der Waals surface area contributed by atoms with E-state index in [1.807, 2.05) is 36.6 Å². The lowest BCUT2D eigenvalue weighted by atomic mass is 10.0. The van der Waals surface area contributed by atoms with Gasteiger partial charge >= 0.3 is 0 Å². The van der Waals surface area contributed by atoms with Crippen LogP contribution in [0.15, 0.2) is 47.6 Å². The second-order valence-corrected chi connectivity index (χ2v) is 8.47. The van der Waals surface area contributed by atoms with Crippen molar-refractivity contribution < 1.29 is 4.79 Å². The second-order valence-electron chi connectivity index (χ2n) is 7.17. The van der Waals surface area contributed by atoms with Crippen LogP contribution in [0.25, 0.3) is 5.69 Å². The average Bonchev–Trinajstić information content (AvgIpc) is 3.26. The molecular formula is C22H23N3OS. The summed E-state index contributed by atoms with van der Waals surface area (Å²) in [5.41, 5.74) is 5.73. The van der Waals surface area contributed by atoms with Gasteiger partial charge in [-0.15, -0.1) is 10.2 Å². The Bertz CT molecular complexity index is 1010. The number of benzene rings is 2. The van der Waals surface area contributed by atoms with Gasteiger partial charge in [0.15, 0.2) is 10.9 Å². The van der Waals surface area contributed by atoms with Gasteiger partial charge in [-0.3, -0.25) is 9.36 Å². The van der Waals surface area contributed by atoms with Gasteiger partial charge in [-0.2, -0.15) is 0 Å². The quantitative estimate of drug-likeness (QED) is 0.476. The highest BCUT2D eigenvalue weighted by Gasteiger charge is 2.22. The van der Waals surface area contributed by atoms with Crippen LogP contribution in [0.1, 0.15) is 46.2 Å². The zero-order chi connectivity index (χ0) is 19.0. The Morgan fingerprint density at radius 2 is 1.89 bits per heavy atom. The lowest BCUT2D eigenvalue weighted by Crippen LogP contribution is -2.15. The number of aromatic nitrogens is 3. The number of hydrogen-bond donors (Lipinski definition) is 0. The molecule has 4 nitrogen and oxygen atoms in total. The molecule has 4 rings (SSSR count). The second kappa shape index (κ2) is 7.31. The van der Waals surface area contributed by atoms with E-state index in [9.17, 15) is 4.79 Å². The molecule has 0 saturated carbocycles. The van der Waals surface area contributed by atoms with E-state index in [4.69, 9.17) is 0 Å². The van der Waals surface area contributed by atoms with E-state index in [-0.39, 0.29) is 11.0 Å². The summed E-state index contributed by atoms with van der Waals surface area (Å²) in [5, 5.41) is 9.08. The van der Waals surface area contributed by atoms with Gasteiger partial charge in [-0.05, 0) is 74.9 Å². The Morgan fingerprint density at radius 1 is 1.07 bits per heavy atom. The minimum absolute atomic E-state index is 0.145. The lowest BCUT2D eigenvalue weighted by Gasteiger charge is -2.13. The molecule has 3 aromatic rings. The Hall–Kier alpha value is -2.40. The van der Waals surface area contributed by atoms with Crippen LogP contribution in [0.2, 0.25) is 0 Å². The Kier molecular flexibility index (Phi) is 4.87. The summed E-state index contributed by atoms with van der Waals surface area (Å²) in [5.74, 6) is 0.964. The molecule has 1 atom stereocenters. The van der Waals surface area contributed by atoms with Crippen molar-refractivity contribution in [2.24, 2.45) is 0 Å². The van der Waals surface area contributed by atoms with Crippen LogP contribution in [0.4, 0.5) is 0 Å². The molecule has 1 aromatic heterocycles. The van der Waals surface area contributed by atoms with Crippen LogP contribution < -0.4 is 0 Å². The van der Waals surface area contributed by atoms with Crippen LogP contribution >= 0.6 is 11.8 Å². The number of fused-ring (bicyclic) bond motifs is 1. The van der Waals surface area contributed by atoms with Gasteiger partial charge in [0.05, 0.1) is 5.25 Å². The molecular weight excluding hydrogens is 354 g/mol. The van der Waals surface area contributed by atoms with E-state index in [0.717, 1.165) is 35.1 Å². The Balaban J connectivity index is 1.58. The Labute approximate surface area is 164 Å². The zero-order valence-electron chi connectivity index (χ0n) is 15.9. The fourth-order valence-electron chi connectivity index (χ4n) is 3.66. The van der Waals surface area contributed by atoms with E-state index in [0.29, 0.717) is 0 Å². The van der Waals surface area contributed by atoms with Crippen LogP contribution in [0.5, 0.6) is 0 Å². The minimum atomic E-state index is -0.225. The standard InChI is InChI=1S/C22H23N3OS/c1-14-6-4-9-20(12-14)25-16(3)23-24-22(25)27-15(2)21(26)19-11-10-17-7-5-8-18(17)13-19/h4,6,9-13,15H,5,7-8H2,1-3H3. The van der Waals surface area contributed by atoms with E-state index in [1.54, 1.807) is 0 Å². The number of nitrogens with zero attached hydrogens (tertiary/aromatic N) is 3. The molecule has 0 N–H and O–H groups in total. The van der Waals surface area contributed by atoms with Crippen LogP contribution in [-0.2, 0) is 12.8 Å². The predicted molar refractivity (Wildman–Crippen MR) is 109 cm³/mol. The number of thioether (sulfide) groups is 1. The van der Waals surface area contributed by atoms with Gasteiger partial charge in [0.1, 0.15) is 5.82 Å². The molecule has 1 aliphatic rings. The SMILES string of the molecule is Cc1cccc(-n2c(C)nnc2SC(C)C(=O)c2ccc3c(c2)CCC3)c1. The van der Waals surface area contributed by atoms with Crippen molar-refractivity contribution >= 4 is 17.5 Å². The zero-order valence-corrected chi connectivity index (χ0v) is 16.7. The summed E-state index contributed by atoms with van der Waals surface area (Å²) in [6.07, 6.45) is 3.40. The van der Waals surface area contributed by atoms with Gasteiger partial charge in [-0.25, -0.2) is 0 Å². The molecule has 0 spiro atoms. The molecule has 5 heteroatoms. The van der Waals surface area contributed by atoms with Gasteiger partial charge in [0, 0.05) is 11.3 Å². The van der Waals surface area contributed by atoms with E-state index in [2.05, 4.69) is 41.4 Å². The van der Waals surface area contributed by atoms with Crippen LogP contribution in [0.3, 0.4) is 0 Å². The van der Waals surface area contributed by atoms with Gasteiger partial charge < -0.3 is 0 Å². The summed E-state index contributed by atoms with van der Waals surface area (Å²) >= 11 is 1.47. The van der Waals surface area contributed by atoms with Crippen molar-refractivity contribution in [2.75, 3.05) is 0 Å². The molecule has 0 amide bonds. The first-order valence-electron chi connectivity index (χ1n) is 9.34. The third kappa shape index (κ3) is 3.56. The number of hydrogen-bond acceptors (Lipinski definition) is 4. The maximum atomic E-state index is 13.0. The molecule has 1 aliphatic carbocycles. The topological polar surface area (TPSA) is 47.8 Å². The molecule has 0 radical (unpaired) electrons. The Morgan fingerprint density at radius 3 is 2.70 bits per heavy atom. The molecule has 0 fully saturated rings. The number of ketones is 1.